The molecule has 2 fully saturated rings. The highest BCUT2D eigenvalue weighted by Gasteiger charge is 2.42. The fourth-order valence-electron chi connectivity index (χ4n) is 7.33. The molecule has 2 aliphatic rings. The smallest absolute Gasteiger partial charge is 0.254 e. The lowest BCUT2D eigenvalue weighted by molar-refractivity contribution is -0.139. The van der Waals surface area contributed by atoms with Gasteiger partial charge in [0.2, 0.25) is 11.8 Å². The van der Waals surface area contributed by atoms with Crippen LogP contribution in [0, 0.1) is 10.8 Å². The predicted molar refractivity (Wildman–Crippen MR) is 204 cm³/mol. The Morgan fingerprint density at radius 3 is 1.85 bits per heavy atom. The molecule has 2 saturated heterocycles. The fourth-order valence-corrected chi connectivity index (χ4v) is 7.33. The van der Waals surface area contributed by atoms with Gasteiger partial charge in [0.15, 0.2) is 0 Å². The van der Waals surface area contributed by atoms with Crippen LogP contribution in [0.2, 0.25) is 0 Å². The van der Waals surface area contributed by atoms with Crippen molar-refractivity contribution in [3.63, 3.8) is 0 Å². The summed E-state index contributed by atoms with van der Waals surface area (Å²) in [6.07, 6.45) is 2.49. The third-order valence-corrected chi connectivity index (χ3v) is 10.2. The van der Waals surface area contributed by atoms with E-state index in [1.165, 1.54) is 0 Å². The lowest BCUT2D eigenvalue weighted by Crippen LogP contribution is -2.51. The standard InChI is InChI=1S/C40H38N10O3/c1-22(41)26-12-16-29-31(20-26)47-37(45-29)24-10-14-28(15-11-24)44-38(51)33-4-2-18-49(33)40(53)34-5-3-19-50(34)39(52)25-8-6-23(7-9-25)36-46-30-17-13-27(35(42)43)21-32(30)48-36/h6-17,20-21,33-34,41H,2-5,18-19H2,1H3,(H3,42,43)(H,44,51)(H,45,47)(H,46,48)/t33-,34-/m0/s1. The highest BCUT2D eigenvalue weighted by Crippen LogP contribution is 2.29. The third-order valence-electron chi connectivity index (χ3n) is 10.2. The molecule has 13 nitrogen and oxygen atoms in total. The summed E-state index contributed by atoms with van der Waals surface area (Å²) in [7, 11) is 0. The van der Waals surface area contributed by atoms with Crippen molar-refractivity contribution in [3.05, 3.63) is 102 Å². The molecule has 4 aromatic carbocycles. The van der Waals surface area contributed by atoms with Crippen molar-refractivity contribution in [2.75, 3.05) is 18.4 Å². The molecule has 0 aliphatic carbocycles. The van der Waals surface area contributed by atoms with E-state index in [0.29, 0.717) is 72.9 Å². The number of nitrogens with one attached hydrogen (secondary N) is 5. The first-order valence-corrected chi connectivity index (χ1v) is 17.7. The number of aromatic amines is 2. The summed E-state index contributed by atoms with van der Waals surface area (Å²) < 4.78 is 0. The van der Waals surface area contributed by atoms with Crippen LogP contribution in [0.3, 0.4) is 0 Å². The predicted octanol–water partition coefficient (Wildman–Crippen LogP) is 5.68. The normalized spacial score (nSPS) is 17.1. The van der Waals surface area contributed by atoms with E-state index in [1.54, 1.807) is 47.1 Å². The van der Waals surface area contributed by atoms with Crippen LogP contribution in [0.5, 0.6) is 0 Å². The maximum atomic E-state index is 14.0. The monoisotopic (exact) mass is 706 g/mol. The van der Waals surface area contributed by atoms with Crippen molar-refractivity contribution in [2.24, 2.45) is 5.73 Å². The van der Waals surface area contributed by atoms with E-state index in [-0.39, 0.29) is 23.6 Å². The van der Waals surface area contributed by atoms with Gasteiger partial charge < -0.3 is 36.2 Å². The van der Waals surface area contributed by atoms with Crippen LogP contribution in [-0.4, -0.2) is 84.2 Å². The Morgan fingerprint density at radius 2 is 1.25 bits per heavy atom. The van der Waals surface area contributed by atoms with E-state index in [9.17, 15) is 14.4 Å². The molecule has 13 heteroatoms. The van der Waals surface area contributed by atoms with Crippen LogP contribution in [0.25, 0.3) is 44.8 Å². The fraction of sp³-hybridized carbons (Fsp3) is 0.225. The lowest BCUT2D eigenvalue weighted by Gasteiger charge is -2.31. The Balaban J connectivity index is 0.919. The summed E-state index contributed by atoms with van der Waals surface area (Å²) in [6, 6.07) is 24.3. The number of nitrogens with two attached hydrogens (primary N) is 1. The van der Waals surface area contributed by atoms with Gasteiger partial charge in [-0.2, -0.15) is 0 Å². The van der Waals surface area contributed by atoms with E-state index in [0.717, 1.165) is 38.8 Å². The van der Waals surface area contributed by atoms with Gasteiger partial charge in [0.25, 0.3) is 5.91 Å². The maximum absolute atomic E-state index is 14.0. The Morgan fingerprint density at radius 1 is 0.717 bits per heavy atom. The first-order chi connectivity index (χ1) is 25.6. The highest BCUT2D eigenvalue weighted by atomic mass is 16.2. The van der Waals surface area contributed by atoms with Crippen LogP contribution in [-0.2, 0) is 9.59 Å². The summed E-state index contributed by atoms with van der Waals surface area (Å²) in [5.41, 5.74) is 13.4. The molecule has 0 spiro atoms. The minimum atomic E-state index is -0.636. The van der Waals surface area contributed by atoms with Gasteiger partial charge >= 0.3 is 0 Å². The number of amidine groups is 1. The number of nitrogen functional groups attached to an aromatic ring is 1. The zero-order chi connectivity index (χ0) is 36.8. The summed E-state index contributed by atoms with van der Waals surface area (Å²) in [6.45, 7) is 2.67. The van der Waals surface area contributed by atoms with Crippen molar-refractivity contribution in [1.29, 1.82) is 10.8 Å². The Hall–Kier alpha value is -6.63. The van der Waals surface area contributed by atoms with E-state index < -0.39 is 12.1 Å². The molecule has 53 heavy (non-hydrogen) atoms. The largest absolute Gasteiger partial charge is 0.384 e. The number of fused-ring (bicyclic) bond motifs is 2. The van der Waals surface area contributed by atoms with E-state index in [1.807, 2.05) is 54.6 Å². The van der Waals surface area contributed by atoms with Gasteiger partial charge in [-0.15, -0.1) is 0 Å². The number of imidazole rings is 2. The van der Waals surface area contributed by atoms with E-state index >= 15 is 0 Å². The summed E-state index contributed by atoms with van der Waals surface area (Å²) >= 11 is 0. The Bertz CT molecular complexity index is 2430. The molecule has 2 atom stereocenters. The minimum absolute atomic E-state index is 0.0225. The van der Waals surface area contributed by atoms with Crippen LogP contribution in [0.15, 0.2) is 84.9 Å². The average molecular weight is 707 g/mol. The van der Waals surface area contributed by atoms with Gasteiger partial charge in [-0.25, -0.2) is 9.97 Å². The number of carbonyl (C=O) groups is 3. The number of aromatic nitrogens is 4. The molecule has 0 bridgehead atoms. The van der Waals surface area contributed by atoms with Crippen molar-refractivity contribution >= 4 is 57.0 Å². The number of H-pyrrole nitrogens is 2. The quantitative estimate of drug-likeness (QED) is 0.0868. The molecule has 266 valence electrons. The molecule has 8 rings (SSSR count). The molecular weight excluding hydrogens is 669 g/mol. The number of rotatable bonds is 8. The van der Waals surface area contributed by atoms with Gasteiger partial charge in [0, 0.05) is 46.7 Å². The van der Waals surface area contributed by atoms with Crippen LogP contribution < -0.4 is 11.1 Å². The number of hydrogen-bond donors (Lipinski definition) is 6. The number of carbonyl (C=O) groups excluding carboxylic acids is 3. The number of hydrogen-bond acceptors (Lipinski definition) is 7. The van der Waals surface area contributed by atoms with Crippen LogP contribution >= 0.6 is 0 Å². The molecule has 3 amide bonds. The lowest BCUT2D eigenvalue weighted by atomic mass is 10.1. The van der Waals surface area contributed by atoms with Crippen LogP contribution in [0.1, 0.15) is 54.1 Å². The molecular formula is C40H38N10O3. The van der Waals surface area contributed by atoms with Gasteiger partial charge in [-0.3, -0.25) is 19.8 Å². The van der Waals surface area contributed by atoms with Gasteiger partial charge in [0.1, 0.15) is 29.6 Å². The SMILES string of the molecule is CC(=N)c1ccc2nc(-c3ccc(NC(=O)[C@@H]4CCCN4C(=O)[C@@H]4CCCN4C(=O)c4ccc(-c5nc6ccc(C(=N)N)cc6[nH]5)cc4)cc3)[nH]c2c1. The zero-order valence-corrected chi connectivity index (χ0v) is 29.1. The van der Waals surface area contributed by atoms with Gasteiger partial charge in [-0.05, 0) is 105 Å². The number of likely N-dealkylation sites (tertiary alicyclic amines) is 2. The number of nitrogens with zero attached hydrogens (tertiary/aromatic N) is 4. The Labute approximate surface area is 304 Å². The average Bonchev–Trinajstić information content (AvgIpc) is 3.99. The summed E-state index contributed by atoms with van der Waals surface area (Å²) in [5, 5.41) is 18.6. The van der Waals surface area contributed by atoms with Gasteiger partial charge in [-0.1, -0.05) is 18.2 Å². The molecule has 2 aromatic heterocycles. The Kier molecular flexibility index (Phi) is 8.53. The first-order valence-electron chi connectivity index (χ1n) is 17.7. The third kappa shape index (κ3) is 6.41. The van der Waals surface area contributed by atoms with Crippen molar-refractivity contribution in [2.45, 2.75) is 44.7 Å². The number of amides is 3. The summed E-state index contributed by atoms with van der Waals surface area (Å²) in [5.74, 6) is 0.621. The van der Waals surface area contributed by atoms with E-state index in [4.69, 9.17) is 16.6 Å². The molecule has 7 N–H and O–H groups in total. The molecule has 2 aliphatic heterocycles. The van der Waals surface area contributed by atoms with Crippen molar-refractivity contribution in [1.82, 2.24) is 29.7 Å². The second-order valence-corrected chi connectivity index (χ2v) is 13.7. The maximum Gasteiger partial charge on any atom is 0.254 e. The highest BCUT2D eigenvalue weighted by molar-refractivity contribution is 6.02. The van der Waals surface area contributed by atoms with Crippen molar-refractivity contribution in [3.8, 4) is 22.8 Å². The topological polar surface area (TPSA) is 201 Å². The minimum Gasteiger partial charge on any atom is -0.384 e. The summed E-state index contributed by atoms with van der Waals surface area (Å²) in [4.78, 5) is 60.4. The molecule has 4 heterocycles. The molecule has 6 aromatic rings. The van der Waals surface area contributed by atoms with E-state index in [2.05, 4.69) is 25.3 Å². The molecule has 0 unspecified atom stereocenters. The number of anilines is 1. The van der Waals surface area contributed by atoms with Gasteiger partial charge in [0.05, 0.1) is 22.1 Å². The number of benzene rings is 4. The second-order valence-electron chi connectivity index (χ2n) is 13.7. The molecule has 0 radical (unpaired) electrons. The van der Waals surface area contributed by atoms with Crippen LogP contribution in [0.4, 0.5) is 5.69 Å². The second kappa shape index (κ2) is 13.5. The zero-order valence-electron chi connectivity index (χ0n) is 29.1. The van der Waals surface area contributed by atoms with Crippen molar-refractivity contribution < 1.29 is 14.4 Å². The molecule has 0 saturated carbocycles. The first kappa shape index (κ1) is 33.5.